The monoisotopic (exact) mass is 240 g/mol. The molecule has 17 heavy (non-hydrogen) atoms. The van der Waals surface area contributed by atoms with E-state index in [1.54, 1.807) is 6.08 Å². The predicted molar refractivity (Wildman–Crippen MR) is 63.9 cm³/mol. The van der Waals surface area contributed by atoms with Crippen LogP contribution in [0.15, 0.2) is 12.7 Å². The maximum atomic E-state index is 11.5. The van der Waals surface area contributed by atoms with E-state index in [0.717, 1.165) is 25.9 Å². The van der Waals surface area contributed by atoms with Crippen molar-refractivity contribution in [3.63, 3.8) is 0 Å². The Balaban J connectivity index is 1.81. The number of urea groups is 1. The van der Waals surface area contributed by atoms with Crippen LogP contribution in [0.1, 0.15) is 19.3 Å². The van der Waals surface area contributed by atoms with Gasteiger partial charge in [-0.3, -0.25) is 0 Å². The third kappa shape index (κ3) is 3.20. The fraction of sp³-hybridized carbons (Fsp3) is 0.750. The second kappa shape index (κ2) is 5.51. The molecule has 0 aromatic heterocycles. The molecule has 5 nitrogen and oxygen atoms in total. The van der Waals surface area contributed by atoms with Crippen LogP contribution in [0.25, 0.3) is 0 Å². The highest BCUT2D eigenvalue weighted by Gasteiger charge is 2.41. The third-order valence-corrected chi connectivity index (χ3v) is 3.30. The topological polar surface area (TPSA) is 59.6 Å². The fourth-order valence-electron chi connectivity index (χ4n) is 2.42. The minimum Gasteiger partial charge on any atom is -0.378 e. The van der Waals surface area contributed by atoms with Gasteiger partial charge in [0, 0.05) is 32.2 Å². The normalized spacial score (nSPS) is 32.4. The molecule has 2 aliphatic rings. The van der Waals surface area contributed by atoms with Gasteiger partial charge in [-0.25, -0.2) is 4.79 Å². The zero-order chi connectivity index (χ0) is 12.1. The highest BCUT2D eigenvalue weighted by atomic mass is 16.6. The van der Waals surface area contributed by atoms with Gasteiger partial charge in [0.15, 0.2) is 0 Å². The van der Waals surface area contributed by atoms with E-state index in [2.05, 4.69) is 17.2 Å². The lowest BCUT2D eigenvalue weighted by Gasteiger charge is -2.37. The van der Waals surface area contributed by atoms with E-state index in [1.165, 1.54) is 0 Å². The molecule has 2 heterocycles. The van der Waals surface area contributed by atoms with Gasteiger partial charge < -0.3 is 20.1 Å². The molecule has 2 atom stereocenters. The molecular weight excluding hydrogens is 220 g/mol. The summed E-state index contributed by atoms with van der Waals surface area (Å²) in [5.74, 6) is 0. The van der Waals surface area contributed by atoms with E-state index in [1.807, 2.05) is 0 Å². The molecule has 2 fully saturated rings. The first kappa shape index (κ1) is 12.4. The molecule has 0 saturated carbocycles. The Morgan fingerprint density at radius 2 is 2.41 bits per heavy atom. The Morgan fingerprint density at radius 1 is 1.53 bits per heavy atom. The molecule has 1 spiro atoms. The Morgan fingerprint density at radius 3 is 3.12 bits per heavy atom. The first-order valence-electron chi connectivity index (χ1n) is 6.11. The van der Waals surface area contributed by atoms with Crippen molar-refractivity contribution in [2.45, 2.75) is 30.9 Å². The molecule has 0 bridgehead atoms. The van der Waals surface area contributed by atoms with Crippen molar-refractivity contribution in [2.24, 2.45) is 0 Å². The summed E-state index contributed by atoms with van der Waals surface area (Å²) in [6, 6.07) is 0.0427. The Bertz CT molecular complexity index is 287. The zero-order valence-electron chi connectivity index (χ0n) is 10.0. The van der Waals surface area contributed by atoms with E-state index in [9.17, 15) is 4.79 Å². The van der Waals surface area contributed by atoms with E-state index in [-0.39, 0.29) is 17.7 Å². The molecule has 5 heteroatoms. The van der Waals surface area contributed by atoms with E-state index >= 15 is 0 Å². The first-order chi connectivity index (χ1) is 8.24. The van der Waals surface area contributed by atoms with E-state index in [4.69, 9.17) is 9.47 Å². The standard InChI is InChI=1S/C12H20N2O3/c1-2-5-13-11(15)14-10-3-6-17-12(8-10)4-7-16-9-12/h2,10H,1,3-9H2,(H2,13,14,15). The molecule has 2 amide bonds. The minimum absolute atomic E-state index is 0.133. The number of carbonyl (C=O) groups is 1. The van der Waals surface area contributed by atoms with Gasteiger partial charge in [0.2, 0.25) is 0 Å². The summed E-state index contributed by atoms with van der Waals surface area (Å²) in [5, 5.41) is 5.69. The molecule has 2 rings (SSSR count). The quantitative estimate of drug-likeness (QED) is 0.718. The van der Waals surface area contributed by atoms with Crippen molar-refractivity contribution < 1.29 is 14.3 Å². The van der Waals surface area contributed by atoms with Crippen molar-refractivity contribution in [1.82, 2.24) is 10.6 Å². The van der Waals surface area contributed by atoms with Crippen LogP contribution in [0.4, 0.5) is 4.79 Å². The van der Waals surface area contributed by atoms with Crippen LogP contribution in [-0.4, -0.2) is 44.0 Å². The lowest BCUT2D eigenvalue weighted by molar-refractivity contribution is -0.0878. The van der Waals surface area contributed by atoms with Gasteiger partial charge in [-0.05, 0) is 12.8 Å². The summed E-state index contributed by atoms with van der Waals surface area (Å²) in [7, 11) is 0. The van der Waals surface area contributed by atoms with Crippen LogP contribution in [0.5, 0.6) is 0 Å². The van der Waals surface area contributed by atoms with Gasteiger partial charge in [-0.1, -0.05) is 6.08 Å². The van der Waals surface area contributed by atoms with Crippen LogP contribution in [0.3, 0.4) is 0 Å². The number of rotatable bonds is 3. The molecule has 0 aliphatic carbocycles. The molecule has 0 radical (unpaired) electrons. The highest BCUT2D eigenvalue weighted by Crippen LogP contribution is 2.32. The van der Waals surface area contributed by atoms with Crippen molar-refractivity contribution in [3.8, 4) is 0 Å². The summed E-state index contributed by atoms with van der Waals surface area (Å²) < 4.78 is 11.2. The average Bonchev–Trinajstić information content (AvgIpc) is 2.74. The summed E-state index contributed by atoms with van der Waals surface area (Å²) >= 11 is 0. The van der Waals surface area contributed by atoms with Gasteiger partial charge in [0.1, 0.15) is 0 Å². The minimum atomic E-state index is -0.158. The lowest BCUT2D eigenvalue weighted by Crippen LogP contribution is -2.51. The maximum absolute atomic E-state index is 11.5. The van der Waals surface area contributed by atoms with Crippen molar-refractivity contribution in [2.75, 3.05) is 26.4 Å². The van der Waals surface area contributed by atoms with E-state index < -0.39 is 0 Å². The molecule has 2 unspecified atom stereocenters. The van der Waals surface area contributed by atoms with Crippen LogP contribution in [0, 0.1) is 0 Å². The van der Waals surface area contributed by atoms with Gasteiger partial charge >= 0.3 is 6.03 Å². The van der Waals surface area contributed by atoms with Crippen LogP contribution in [0.2, 0.25) is 0 Å². The van der Waals surface area contributed by atoms with Crippen LogP contribution in [-0.2, 0) is 9.47 Å². The summed E-state index contributed by atoms with van der Waals surface area (Å²) in [6.45, 7) is 6.15. The second-order valence-corrected chi connectivity index (χ2v) is 4.67. The van der Waals surface area contributed by atoms with Crippen molar-refractivity contribution in [3.05, 3.63) is 12.7 Å². The molecular formula is C12H20N2O3. The SMILES string of the molecule is C=CCNC(=O)NC1CCOC2(CCOC2)C1. The molecule has 96 valence electrons. The largest absolute Gasteiger partial charge is 0.378 e. The number of amides is 2. The fourth-order valence-corrected chi connectivity index (χ4v) is 2.42. The van der Waals surface area contributed by atoms with E-state index in [0.29, 0.717) is 19.8 Å². The zero-order valence-corrected chi connectivity index (χ0v) is 10.0. The Hall–Kier alpha value is -1.07. The molecule has 2 saturated heterocycles. The molecule has 0 aromatic rings. The molecule has 0 aromatic carbocycles. The van der Waals surface area contributed by atoms with Gasteiger partial charge in [0.25, 0.3) is 0 Å². The molecule has 2 N–H and O–H groups in total. The average molecular weight is 240 g/mol. The lowest BCUT2D eigenvalue weighted by atomic mass is 9.90. The van der Waals surface area contributed by atoms with Crippen molar-refractivity contribution >= 4 is 6.03 Å². The van der Waals surface area contributed by atoms with Crippen LogP contribution >= 0.6 is 0 Å². The number of hydrogen-bond acceptors (Lipinski definition) is 3. The van der Waals surface area contributed by atoms with Gasteiger partial charge in [0.05, 0.1) is 12.2 Å². The number of nitrogens with one attached hydrogen (secondary N) is 2. The summed E-state index contributed by atoms with van der Waals surface area (Å²) in [4.78, 5) is 11.5. The smallest absolute Gasteiger partial charge is 0.315 e. The predicted octanol–water partition coefficient (Wildman–Crippen LogP) is 0.810. The summed E-state index contributed by atoms with van der Waals surface area (Å²) in [5.41, 5.74) is -0.158. The Labute approximate surface area is 102 Å². The van der Waals surface area contributed by atoms with Gasteiger partial charge in [-0.2, -0.15) is 0 Å². The number of hydrogen-bond donors (Lipinski definition) is 2. The second-order valence-electron chi connectivity index (χ2n) is 4.67. The number of carbonyl (C=O) groups excluding carboxylic acids is 1. The maximum Gasteiger partial charge on any atom is 0.315 e. The third-order valence-electron chi connectivity index (χ3n) is 3.30. The Kier molecular flexibility index (Phi) is 4.02. The molecule has 2 aliphatic heterocycles. The number of ether oxygens (including phenoxy) is 2. The van der Waals surface area contributed by atoms with Gasteiger partial charge in [-0.15, -0.1) is 6.58 Å². The highest BCUT2D eigenvalue weighted by molar-refractivity contribution is 5.74. The first-order valence-corrected chi connectivity index (χ1v) is 6.11. The summed E-state index contributed by atoms with van der Waals surface area (Å²) in [6.07, 6.45) is 4.30. The van der Waals surface area contributed by atoms with Crippen molar-refractivity contribution in [1.29, 1.82) is 0 Å². The van der Waals surface area contributed by atoms with Crippen LogP contribution < -0.4 is 10.6 Å².